The molecular formula is C17H19FN4O6S. The number of nitrogens with two attached hydrogens (primary N) is 1. The van der Waals surface area contributed by atoms with Crippen molar-refractivity contribution in [1.82, 2.24) is 14.5 Å². The molecule has 1 aromatic carbocycles. The number of ether oxygens (including phenoxy) is 2. The van der Waals surface area contributed by atoms with Crippen LogP contribution in [0.1, 0.15) is 5.56 Å². The maximum atomic E-state index is 13.0. The van der Waals surface area contributed by atoms with Crippen molar-refractivity contribution in [2.24, 2.45) is 0 Å². The van der Waals surface area contributed by atoms with Gasteiger partial charge in [-0.25, -0.2) is 4.39 Å². The Labute approximate surface area is 167 Å². The van der Waals surface area contributed by atoms with Gasteiger partial charge < -0.3 is 30.5 Å². The molecule has 0 spiro atoms. The van der Waals surface area contributed by atoms with Gasteiger partial charge in [0.2, 0.25) is 11.8 Å². The van der Waals surface area contributed by atoms with Crippen molar-refractivity contribution < 1.29 is 29.2 Å². The van der Waals surface area contributed by atoms with Crippen LogP contribution in [0.25, 0.3) is 10.3 Å². The third-order valence-corrected chi connectivity index (χ3v) is 4.96. The summed E-state index contributed by atoms with van der Waals surface area (Å²) in [5.74, 6) is -0.413. The molecule has 0 saturated heterocycles. The number of anilines is 1. The lowest BCUT2D eigenvalue weighted by Crippen LogP contribution is -2.36. The van der Waals surface area contributed by atoms with E-state index >= 15 is 0 Å². The highest BCUT2D eigenvalue weighted by atomic mass is 32.1. The van der Waals surface area contributed by atoms with Crippen LogP contribution in [-0.4, -0.2) is 55.3 Å². The second-order valence-corrected chi connectivity index (χ2v) is 6.98. The summed E-state index contributed by atoms with van der Waals surface area (Å²) in [6.45, 7) is -1.43. The van der Waals surface area contributed by atoms with E-state index in [1.165, 1.54) is 12.1 Å². The molecule has 0 fully saturated rings. The van der Waals surface area contributed by atoms with Crippen LogP contribution < -0.4 is 15.3 Å². The Morgan fingerprint density at radius 1 is 1.21 bits per heavy atom. The van der Waals surface area contributed by atoms with Gasteiger partial charge in [-0.3, -0.25) is 9.36 Å². The summed E-state index contributed by atoms with van der Waals surface area (Å²) in [7, 11) is 0. The van der Waals surface area contributed by atoms with Crippen molar-refractivity contribution in [3.8, 4) is 5.88 Å². The van der Waals surface area contributed by atoms with Gasteiger partial charge in [0.1, 0.15) is 36.1 Å². The second kappa shape index (κ2) is 9.24. The minimum atomic E-state index is -1.31. The third-order valence-electron chi connectivity index (χ3n) is 4.00. The largest absolute Gasteiger partial charge is 0.472 e. The molecule has 3 aromatic rings. The quantitative estimate of drug-likeness (QED) is 0.366. The molecule has 2 aromatic heterocycles. The predicted octanol–water partition coefficient (Wildman–Crippen LogP) is -0.159. The summed E-state index contributed by atoms with van der Waals surface area (Å²) in [5.41, 5.74) is 6.58. The molecule has 2 heterocycles. The number of nitrogen functional groups attached to an aromatic ring is 1. The van der Waals surface area contributed by atoms with Gasteiger partial charge in [0, 0.05) is 0 Å². The molecule has 12 heteroatoms. The first-order valence-corrected chi connectivity index (χ1v) is 9.30. The van der Waals surface area contributed by atoms with Gasteiger partial charge in [0.25, 0.3) is 0 Å². The van der Waals surface area contributed by atoms with Crippen molar-refractivity contribution in [2.75, 3.05) is 18.9 Å². The van der Waals surface area contributed by atoms with Crippen LogP contribution in [0.3, 0.4) is 0 Å². The van der Waals surface area contributed by atoms with Crippen LogP contribution in [0.2, 0.25) is 0 Å². The van der Waals surface area contributed by atoms with E-state index in [4.69, 9.17) is 20.3 Å². The third kappa shape index (κ3) is 4.86. The first-order chi connectivity index (χ1) is 13.9. The average molecular weight is 426 g/mol. The van der Waals surface area contributed by atoms with E-state index in [-0.39, 0.29) is 36.6 Å². The Bertz CT molecular complexity index is 1030. The normalized spacial score (nSPS) is 13.5. The molecule has 3 rings (SSSR count). The number of rotatable bonds is 9. The highest BCUT2D eigenvalue weighted by Crippen LogP contribution is 2.27. The summed E-state index contributed by atoms with van der Waals surface area (Å²) in [6, 6.07) is 5.71. The van der Waals surface area contributed by atoms with Crippen LogP contribution in [0.4, 0.5) is 10.3 Å². The molecule has 2 atom stereocenters. The Kier molecular flexibility index (Phi) is 6.71. The van der Waals surface area contributed by atoms with Gasteiger partial charge in [-0.2, -0.15) is 9.97 Å². The summed E-state index contributed by atoms with van der Waals surface area (Å²) >= 11 is 0.813. The van der Waals surface area contributed by atoms with Crippen LogP contribution in [-0.2, 0) is 18.1 Å². The van der Waals surface area contributed by atoms with Crippen molar-refractivity contribution in [3.05, 3.63) is 45.3 Å². The zero-order chi connectivity index (χ0) is 21.0. The zero-order valence-corrected chi connectivity index (χ0v) is 15.9. The number of fused-ring (bicyclic) bond motifs is 1. The highest BCUT2D eigenvalue weighted by Gasteiger charge is 2.21. The molecule has 10 nitrogen and oxygen atoms in total. The molecule has 0 aliphatic heterocycles. The molecule has 0 aliphatic rings. The first-order valence-electron chi connectivity index (χ1n) is 8.48. The molecule has 156 valence electrons. The van der Waals surface area contributed by atoms with Crippen LogP contribution in [0.15, 0.2) is 29.1 Å². The average Bonchev–Trinajstić information content (AvgIpc) is 3.02. The van der Waals surface area contributed by atoms with Crippen LogP contribution in [0.5, 0.6) is 5.88 Å². The van der Waals surface area contributed by atoms with Gasteiger partial charge in [0.15, 0.2) is 5.65 Å². The number of aliphatic hydroxyl groups is 3. The fourth-order valence-corrected chi connectivity index (χ4v) is 3.32. The highest BCUT2D eigenvalue weighted by molar-refractivity contribution is 7.16. The van der Waals surface area contributed by atoms with Gasteiger partial charge in [-0.15, -0.1) is 0 Å². The van der Waals surface area contributed by atoms with Gasteiger partial charge in [0.05, 0.1) is 13.2 Å². The van der Waals surface area contributed by atoms with Crippen molar-refractivity contribution in [3.63, 3.8) is 0 Å². The Balaban J connectivity index is 1.85. The molecule has 0 bridgehead atoms. The van der Waals surface area contributed by atoms with E-state index in [0.717, 1.165) is 15.9 Å². The van der Waals surface area contributed by atoms with E-state index in [1.54, 1.807) is 12.1 Å². The van der Waals surface area contributed by atoms with Crippen LogP contribution >= 0.6 is 11.3 Å². The van der Waals surface area contributed by atoms with E-state index in [2.05, 4.69) is 9.97 Å². The lowest BCUT2D eigenvalue weighted by molar-refractivity contribution is -0.100. The lowest BCUT2D eigenvalue weighted by atomic mass is 10.2. The monoisotopic (exact) mass is 426 g/mol. The van der Waals surface area contributed by atoms with Crippen molar-refractivity contribution in [1.29, 1.82) is 0 Å². The molecule has 0 aliphatic carbocycles. The molecule has 29 heavy (non-hydrogen) atoms. The fourth-order valence-electron chi connectivity index (χ4n) is 2.45. The number of benzene rings is 1. The summed E-state index contributed by atoms with van der Waals surface area (Å²) in [5, 5.41) is 27.8. The Morgan fingerprint density at radius 3 is 2.59 bits per heavy atom. The zero-order valence-electron chi connectivity index (χ0n) is 15.1. The number of nitrogens with zero attached hydrogens (tertiary/aromatic N) is 3. The molecule has 0 radical (unpaired) electrons. The standard InChI is InChI=1S/C17H19FN4O6S/c18-10-3-1-9(2-4-10)7-27-15-13-14(20-16(19)21-15)22(17(26)29-13)8-28-12(6-24)11(25)5-23/h1-4,11-12,23-25H,5-8H2,(H2,19,20,21)/t11-,12+/m0/s1. The number of halogens is 1. The molecule has 0 amide bonds. The number of thiazole rings is 1. The number of hydrogen-bond acceptors (Lipinski definition) is 10. The van der Waals surface area contributed by atoms with Crippen molar-refractivity contribution >= 4 is 27.6 Å². The van der Waals surface area contributed by atoms with E-state index < -0.39 is 30.3 Å². The minimum absolute atomic E-state index is 0.0731. The summed E-state index contributed by atoms with van der Waals surface area (Å²) in [6.07, 6.45) is -2.40. The lowest BCUT2D eigenvalue weighted by Gasteiger charge is -2.19. The molecule has 0 unspecified atom stereocenters. The molecular weight excluding hydrogens is 407 g/mol. The first kappa shape index (κ1) is 21.1. The second-order valence-electron chi connectivity index (χ2n) is 6.02. The van der Waals surface area contributed by atoms with Gasteiger partial charge in [-0.05, 0) is 17.7 Å². The number of hydrogen-bond donors (Lipinski definition) is 4. The fraction of sp³-hybridized carbons (Fsp3) is 0.353. The van der Waals surface area contributed by atoms with Crippen molar-refractivity contribution in [2.45, 2.75) is 25.5 Å². The topological polar surface area (TPSA) is 153 Å². The SMILES string of the molecule is Nc1nc(OCc2ccc(F)cc2)c2sc(=O)n(CO[C@H](CO)[C@@H](O)CO)c2n1. The minimum Gasteiger partial charge on any atom is -0.472 e. The maximum Gasteiger partial charge on any atom is 0.311 e. The van der Waals surface area contributed by atoms with E-state index in [1.807, 2.05) is 0 Å². The summed E-state index contributed by atoms with van der Waals surface area (Å²) in [4.78, 5) is 20.0. The summed E-state index contributed by atoms with van der Waals surface area (Å²) < 4.78 is 25.5. The van der Waals surface area contributed by atoms with Gasteiger partial charge >= 0.3 is 4.87 Å². The Morgan fingerprint density at radius 2 is 1.93 bits per heavy atom. The van der Waals surface area contributed by atoms with E-state index in [9.17, 15) is 19.4 Å². The van der Waals surface area contributed by atoms with Gasteiger partial charge in [-0.1, -0.05) is 23.5 Å². The Hall–Kier alpha value is -2.64. The molecule has 0 saturated carbocycles. The number of aliphatic hydroxyl groups excluding tert-OH is 3. The van der Waals surface area contributed by atoms with Crippen LogP contribution in [0, 0.1) is 5.82 Å². The van der Waals surface area contributed by atoms with E-state index in [0.29, 0.717) is 10.3 Å². The maximum absolute atomic E-state index is 13.0. The smallest absolute Gasteiger partial charge is 0.311 e. The number of aromatic nitrogens is 3. The molecule has 5 N–H and O–H groups in total. The predicted molar refractivity (Wildman–Crippen MR) is 102 cm³/mol.